The van der Waals surface area contributed by atoms with Crippen LogP contribution in [-0.2, 0) is 6.42 Å². The molecule has 0 spiro atoms. The Bertz CT molecular complexity index is 800. The third kappa shape index (κ3) is 6.15. The molecule has 0 amide bonds. The van der Waals surface area contributed by atoms with Crippen LogP contribution in [0, 0.1) is 11.3 Å². The summed E-state index contributed by atoms with van der Waals surface area (Å²) in [4.78, 5) is 0. The van der Waals surface area contributed by atoms with Gasteiger partial charge in [0.25, 0.3) is 0 Å². The molecule has 0 radical (unpaired) electrons. The van der Waals surface area contributed by atoms with Crippen molar-refractivity contribution in [2.24, 2.45) is 0 Å². The van der Waals surface area contributed by atoms with Gasteiger partial charge in [0.15, 0.2) is 16.6 Å². The fourth-order valence-electron chi connectivity index (χ4n) is 2.58. The highest BCUT2D eigenvalue weighted by Crippen LogP contribution is 2.30. The minimum absolute atomic E-state index is 0.00209. The zero-order valence-corrected chi connectivity index (χ0v) is 16.7. The predicted octanol–water partition coefficient (Wildman–Crippen LogP) is 4.60. The van der Waals surface area contributed by atoms with Gasteiger partial charge in [-0.15, -0.1) is 0 Å². The van der Waals surface area contributed by atoms with E-state index in [1.807, 2.05) is 63.2 Å². The molecular weight excluding hydrogens is 358 g/mol. The summed E-state index contributed by atoms with van der Waals surface area (Å²) in [5.74, 6) is 1.48. The van der Waals surface area contributed by atoms with E-state index in [4.69, 9.17) is 27.0 Å². The number of rotatable bonds is 8. The van der Waals surface area contributed by atoms with Gasteiger partial charge >= 0.3 is 0 Å². The molecule has 2 rings (SSSR count). The summed E-state index contributed by atoms with van der Waals surface area (Å²) in [5, 5.41) is 15.7. The third-order valence-corrected chi connectivity index (χ3v) is 4.13. The van der Waals surface area contributed by atoms with Crippen molar-refractivity contribution in [2.45, 2.75) is 33.2 Å². The Balaban J connectivity index is 2.00. The average molecular weight is 384 g/mol. The predicted molar refractivity (Wildman–Crippen MR) is 112 cm³/mol. The molecule has 0 aliphatic carbocycles. The summed E-state index contributed by atoms with van der Waals surface area (Å²) in [6.45, 7) is 7.10. The number of hydrogen-bond donors (Lipinski definition) is 2. The molecule has 0 aliphatic heterocycles. The Morgan fingerprint density at radius 3 is 2.37 bits per heavy atom. The molecule has 0 aromatic heterocycles. The van der Waals surface area contributed by atoms with E-state index < -0.39 is 0 Å². The van der Waals surface area contributed by atoms with Crippen molar-refractivity contribution in [2.75, 3.05) is 18.5 Å². The van der Waals surface area contributed by atoms with Gasteiger partial charge in [0, 0.05) is 5.69 Å². The van der Waals surface area contributed by atoms with Gasteiger partial charge in [-0.3, -0.25) is 0 Å². The highest BCUT2D eigenvalue weighted by molar-refractivity contribution is 7.80. The van der Waals surface area contributed by atoms with Crippen LogP contribution in [0.25, 0.3) is 0 Å². The van der Waals surface area contributed by atoms with Crippen LogP contribution >= 0.6 is 12.2 Å². The lowest BCUT2D eigenvalue weighted by Gasteiger charge is -2.19. The van der Waals surface area contributed by atoms with E-state index in [1.54, 1.807) is 0 Å². The molecule has 0 bridgehead atoms. The molecule has 0 saturated carbocycles. The van der Waals surface area contributed by atoms with Crippen LogP contribution < -0.4 is 20.1 Å². The summed E-state index contributed by atoms with van der Waals surface area (Å²) in [6, 6.07) is 15.7. The van der Waals surface area contributed by atoms with E-state index in [0.29, 0.717) is 24.7 Å². The first-order valence-electron chi connectivity index (χ1n) is 9.00. The topological polar surface area (TPSA) is 66.3 Å². The van der Waals surface area contributed by atoms with Gasteiger partial charge in [0.05, 0.1) is 31.7 Å². The summed E-state index contributed by atoms with van der Waals surface area (Å²) in [5.41, 5.74) is 2.91. The summed E-state index contributed by atoms with van der Waals surface area (Å²) in [7, 11) is 0. The van der Waals surface area contributed by atoms with E-state index >= 15 is 0 Å². The number of hydrogen-bond acceptors (Lipinski definition) is 4. The van der Waals surface area contributed by atoms with E-state index in [0.717, 1.165) is 28.3 Å². The van der Waals surface area contributed by atoms with E-state index in [2.05, 4.69) is 16.7 Å². The van der Waals surface area contributed by atoms with Crippen LogP contribution in [0.15, 0.2) is 42.5 Å². The fourth-order valence-corrected chi connectivity index (χ4v) is 2.88. The van der Waals surface area contributed by atoms with Crippen molar-refractivity contribution in [3.05, 3.63) is 53.6 Å². The van der Waals surface area contributed by atoms with Crippen molar-refractivity contribution in [3.63, 3.8) is 0 Å². The molecule has 2 aromatic rings. The van der Waals surface area contributed by atoms with Crippen molar-refractivity contribution in [1.82, 2.24) is 5.32 Å². The minimum Gasteiger partial charge on any atom is -0.490 e. The molecule has 0 saturated heterocycles. The third-order valence-electron chi connectivity index (χ3n) is 3.91. The number of benzene rings is 2. The number of nitriles is 1. The van der Waals surface area contributed by atoms with E-state index in [1.165, 1.54) is 0 Å². The number of anilines is 1. The molecule has 2 N–H and O–H groups in total. The van der Waals surface area contributed by atoms with Crippen molar-refractivity contribution >= 4 is 23.0 Å². The van der Waals surface area contributed by atoms with Gasteiger partial charge in [-0.2, -0.15) is 5.26 Å². The maximum absolute atomic E-state index is 8.73. The first-order chi connectivity index (χ1) is 13.1. The van der Waals surface area contributed by atoms with Gasteiger partial charge in [0.1, 0.15) is 0 Å². The lowest BCUT2D eigenvalue weighted by molar-refractivity contribution is 0.287. The molecule has 0 unspecified atom stereocenters. The molecule has 2 aromatic carbocycles. The van der Waals surface area contributed by atoms with Crippen LogP contribution in [0.4, 0.5) is 5.69 Å². The van der Waals surface area contributed by atoms with Crippen LogP contribution in [0.5, 0.6) is 11.5 Å². The van der Waals surface area contributed by atoms with E-state index in [9.17, 15) is 0 Å². The monoisotopic (exact) mass is 383 g/mol. The molecule has 5 nitrogen and oxygen atoms in total. The van der Waals surface area contributed by atoms with Gasteiger partial charge in [0.2, 0.25) is 0 Å². The first-order valence-corrected chi connectivity index (χ1v) is 9.41. The lowest BCUT2D eigenvalue weighted by atomic mass is 10.1. The Hall–Kier alpha value is -2.78. The van der Waals surface area contributed by atoms with E-state index in [-0.39, 0.29) is 6.04 Å². The van der Waals surface area contributed by atoms with Gasteiger partial charge in [-0.05, 0) is 68.4 Å². The number of nitrogens with zero attached hydrogens (tertiary/aromatic N) is 1. The second-order valence-electron chi connectivity index (χ2n) is 5.92. The number of ether oxygens (including phenoxy) is 2. The molecule has 27 heavy (non-hydrogen) atoms. The molecule has 142 valence electrons. The van der Waals surface area contributed by atoms with Crippen molar-refractivity contribution in [1.29, 1.82) is 5.26 Å². The molecular formula is C21H25N3O2S. The summed E-state index contributed by atoms with van der Waals surface area (Å²) in [6.07, 6.45) is 0.403. The minimum atomic E-state index is -0.00209. The molecule has 6 heteroatoms. The Labute approximate surface area is 166 Å². The molecule has 0 fully saturated rings. The number of nitrogens with one attached hydrogen (secondary N) is 2. The zero-order chi connectivity index (χ0) is 19.6. The van der Waals surface area contributed by atoms with Gasteiger partial charge < -0.3 is 20.1 Å². The van der Waals surface area contributed by atoms with Gasteiger partial charge in [-0.25, -0.2) is 0 Å². The highest BCUT2D eigenvalue weighted by atomic mass is 32.1. The maximum Gasteiger partial charge on any atom is 0.171 e. The second kappa shape index (κ2) is 10.4. The maximum atomic E-state index is 8.73. The van der Waals surface area contributed by atoms with Gasteiger partial charge in [-0.1, -0.05) is 18.2 Å². The largest absolute Gasteiger partial charge is 0.490 e. The molecule has 1 atom stereocenters. The lowest BCUT2D eigenvalue weighted by Crippen LogP contribution is -2.30. The first kappa shape index (κ1) is 20.5. The average Bonchev–Trinajstić information content (AvgIpc) is 2.65. The number of thiocarbonyl (C=S) groups is 1. The summed E-state index contributed by atoms with van der Waals surface area (Å²) >= 11 is 5.42. The fraction of sp³-hybridized carbons (Fsp3) is 0.333. The Morgan fingerprint density at radius 2 is 1.74 bits per heavy atom. The SMILES string of the molecule is CCOc1ccc([C@H](C)NC(=S)Nc2ccc(CC#N)cc2)cc1OCC. The molecule has 0 aliphatic rings. The van der Waals surface area contributed by atoms with Crippen molar-refractivity contribution in [3.8, 4) is 17.6 Å². The summed E-state index contributed by atoms with van der Waals surface area (Å²) < 4.78 is 11.3. The quantitative estimate of drug-likeness (QED) is 0.650. The smallest absolute Gasteiger partial charge is 0.171 e. The van der Waals surface area contributed by atoms with Crippen LogP contribution in [0.3, 0.4) is 0 Å². The van der Waals surface area contributed by atoms with Crippen LogP contribution in [0.1, 0.15) is 37.9 Å². The second-order valence-corrected chi connectivity index (χ2v) is 6.33. The van der Waals surface area contributed by atoms with Crippen molar-refractivity contribution < 1.29 is 9.47 Å². The Kier molecular flexibility index (Phi) is 7.90. The zero-order valence-electron chi connectivity index (χ0n) is 15.9. The van der Waals surface area contributed by atoms with Crippen LogP contribution in [-0.4, -0.2) is 18.3 Å². The standard InChI is InChI=1S/C21H25N3O2S/c1-4-25-19-11-8-17(14-20(19)26-5-2)15(3)23-21(27)24-18-9-6-16(7-10-18)12-13-22/h6-11,14-15H,4-5,12H2,1-3H3,(H2,23,24,27)/t15-/m0/s1. The molecule has 0 heterocycles. The Morgan fingerprint density at radius 1 is 1.07 bits per heavy atom. The normalized spacial score (nSPS) is 11.2. The highest BCUT2D eigenvalue weighted by Gasteiger charge is 2.12. The van der Waals surface area contributed by atoms with Crippen LogP contribution in [0.2, 0.25) is 0 Å².